The number of morpholine rings is 1. The van der Waals surface area contributed by atoms with E-state index in [1.165, 1.54) is 16.6 Å². The molecule has 0 amide bonds. The Morgan fingerprint density at radius 2 is 1.90 bits per heavy atom. The fourth-order valence-electron chi connectivity index (χ4n) is 1.91. The maximum atomic E-state index is 12.6. The summed E-state index contributed by atoms with van der Waals surface area (Å²) in [6.45, 7) is 1.45. The van der Waals surface area contributed by atoms with Crippen LogP contribution in [0.15, 0.2) is 39.4 Å². The minimum atomic E-state index is -3.59. The summed E-state index contributed by atoms with van der Waals surface area (Å²) >= 11 is 0. The summed E-state index contributed by atoms with van der Waals surface area (Å²) in [6.07, 6.45) is 1.31. The van der Waals surface area contributed by atoms with Gasteiger partial charge in [-0.05, 0) is 6.07 Å². The van der Waals surface area contributed by atoms with Crippen LogP contribution >= 0.6 is 0 Å². The largest absolute Gasteiger partial charge is 0.379 e. The first-order valence-electron chi connectivity index (χ1n) is 6.31. The second-order valence-electron chi connectivity index (χ2n) is 4.32. The Bertz CT molecular complexity index is 647. The zero-order valence-electron chi connectivity index (χ0n) is 11.3. The van der Waals surface area contributed by atoms with Crippen molar-refractivity contribution in [3.05, 3.63) is 29.8 Å². The predicted molar refractivity (Wildman–Crippen MR) is 79.4 cm³/mol. The Balaban J connectivity index is 2.34. The SMILES string of the molecule is NC(N)=NN=Cc1ccccc1S(=O)(=O)N1CCOCC1. The highest BCUT2D eigenvalue weighted by Gasteiger charge is 2.27. The number of hydrogen-bond acceptors (Lipinski definition) is 5. The quantitative estimate of drug-likeness (QED) is 0.433. The summed E-state index contributed by atoms with van der Waals surface area (Å²) in [4.78, 5) is 0.168. The standard InChI is InChI=1S/C12H17N5O3S/c13-12(14)16-15-9-10-3-1-2-4-11(10)21(18,19)17-5-7-20-8-6-17/h1-4,9H,5-8H2,(H4,13,14,16). The van der Waals surface area contributed by atoms with Crippen molar-refractivity contribution in [3.63, 3.8) is 0 Å². The molecule has 1 aromatic rings. The van der Waals surface area contributed by atoms with E-state index in [9.17, 15) is 8.42 Å². The molecule has 1 saturated heterocycles. The van der Waals surface area contributed by atoms with Crippen LogP contribution in [0.25, 0.3) is 0 Å². The second kappa shape index (κ2) is 6.66. The van der Waals surface area contributed by atoms with E-state index in [-0.39, 0.29) is 10.9 Å². The number of sulfonamides is 1. The zero-order valence-corrected chi connectivity index (χ0v) is 12.2. The topological polar surface area (TPSA) is 123 Å². The third-order valence-electron chi connectivity index (χ3n) is 2.88. The van der Waals surface area contributed by atoms with Crippen LogP contribution < -0.4 is 11.5 Å². The van der Waals surface area contributed by atoms with E-state index in [2.05, 4.69) is 10.2 Å². The van der Waals surface area contributed by atoms with E-state index < -0.39 is 10.0 Å². The molecule has 21 heavy (non-hydrogen) atoms. The molecule has 8 nitrogen and oxygen atoms in total. The number of nitrogens with zero attached hydrogens (tertiary/aromatic N) is 3. The molecule has 9 heteroatoms. The molecule has 4 N–H and O–H groups in total. The molecule has 0 spiro atoms. The molecule has 0 aliphatic carbocycles. The van der Waals surface area contributed by atoms with Gasteiger partial charge in [-0.1, -0.05) is 18.2 Å². The Hall–Kier alpha value is -1.97. The molecule has 0 bridgehead atoms. The first-order chi connectivity index (χ1) is 10.0. The average Bonchev–Trinajstić information content (AvgIpc) is 2.48. The van der Waals surface area contributed by atoms with Gasteiger partial charge >= 0.3 is 0 Å². The summed E-state index contributed by atoms with van der Waals surface area (Å²) < 4.78 is 31.8. The van der Waals surface area contributed by atoms with Crippen molar-refractivity contribution in [3.8, 4) is 0 Å². The number of ether oxygens (including phenoxy) is 1. The fraction of sp³-hybridized carbons (Fsp3) is 0.333. The highest BCUT2D eigenvalue weighted by atomic mass is 32.2. The van der Waals surface area contributed by atoms with Crippen LogP contribution in [0.3, 0.4) is 0 Å². The van der Waals surface area contributed by atoms with Gasteiger partial charge in [0, 0.05) is 18.7 Å². The number of hydrogen-bond donors (Lipinski definition) is 2. The lowest BCUT2D eigenvalue weighted by Gasteiger charge is -2.26. The molecule has 1 fully saturated rings. The van der Waals surface area contributed by atoms with E-state index in [0.717, 1.165) is 0 Å². The van der Waals surface area contributed by atoms with Crippen LogP contribution in [0.4, 0.5) is 0 Å². The molecular formula is C12H17N5O3S. The molecule has 1 aromatic carbocycles. The lowest BCUT2D eigenvalue weighted by atomic mass is 10.2. The van der Waals surface area contributed by atoms with E-state index in [1.807, 2.05) is 0 Å². The van der Waals surface area contributed by atoms with Gasteiger partial charge in [0.1, 0.15) is 0 Å². The van der Waals surface area contributed by atoms with Gasteiger partial charge in [-0.25, -0.2) is 8.42 Å². The second-order valence-corrected chi connectivity index (χ2v) is 6.23. The maximum absolute atomic E-state index is 12.6. The molecule has 2 rings (SSSR count). The van der Waals surface area contributed by atoms with Crippen molar-refractivity contribution < 1.29 is 13.2 Å². The minimum absolute atomic E-state index is 0.168. The van der Waals surface area contributed by atoms with Gasteiger partial charge < -0.3 is 16.2 Å². The van der Waals surface area contributed by atoms with Crippen LogP contribution in [0.2, 0.25) is 0 Å². The van der Waals surface area contributed by atoms with Crippen molar-refractivity contribution in [2.75, 3.05) is 26.3 Å². The van der Waals surface area contributed by atoms with Crippen molar-refractivity contribution >= 4 is 22.2 Å². The highest BCUT2D eigenvalue weighted by molar-refractivity contribution is 7.89. The summed E-state index contributed by atoms with van der Waals surface area (Å²) in [7, 11) is -3.59. The molecular weight excluding hydrogens is 294 g/mol. The summed E-state index contributed by atoms with van der Waals surface area (Å²) in [5, 5.41) is 7.13. The molecule has 0 radical (unpaired) electrons. The molecule has 114 valence electrons. The van der Waals surface area contributed by atoms with Gasteiger partial charge in [-0.3, -0.25) is 0 Å². The smallest absolute Gasteiger partial charge is 0.243 e. The first-order valence-corrected chi connectivity index (χ1v) is 7.75. The van der Waals surface area contributed by atoms with Crippen LogP contribution in [0.5, 0.6) is 0 Å². The minimum Gasteiger partial charge on any atom is -0.379 e. The predicted octanol–water partition coefficient (Wildman–Crippen LogP) is -0.685. The number of benzene rings is 1. The third-order valence-corrected chi connectivity index (χ3v) is 4.85. The van der Waals surface area contributed by atoms with Gasteiger partial charge in [-0.2, -0.15) is 9.41 Å². The molecule has 1 aliphatic rings. The van der Waals surface area contributed by atoms with Gasteiger partial charge in [-0.15, -0.1) is 5.10 Å². The molecule has 1 aliphatic heterocycles. The first kappa shape index (κ1) is 15.4. The van der Waals surface area contributed by atoms with Gasteiger partial charge in [0.25, 0.3) is 0 Å². The van der Waals surface area contributed by atoms with Crippen LogP contribution in [-0.2, 0) is 14.8 Å². The maximum Gasteiger partial charge on any atom is 0.243 e. The Morgan fingerprint density at radius 3 is 2.57 bits per heavy atom. The lowest BCUT2D eigenvalue weighted by Crippen LogP contribution is -2.40. The van der Waals surface area contributed by atoms with Gasteiger partial charge in [0.05, 0.1) is 24.3 Å². The molecule has 0 unspecified atom stereocenters. The Morgan fingerprint density at radius 1 is 1.24 bits per heavy atom. The molecule has 1 heterocycles. The van der Waals surface area contributed by atoms with Gasteiger partial charge in [0.15, 0.2) is 0 Å². The van der Waals surface area contributed by atoms with Crippen molar-refractivity contribution in [1.29, 1.82) is 0 Å². The zero-order chi connectivity index (χ0) is 15.3. The van der Waals surface area contributed by atoms with E-state index >= 15 is 0 Å². The average molecular weight is 311 g/mol. The van der Waals surface area contributed by atoms with Crippen LogP contribution in [-0.4, -0.2) is 51.2 Å². The fourth-order valence-corrected chi connectivity index (χ4v) is 3.48. The highest BCUT2D eigenvalue weighted by Crippen LogP contribution is 2.20. The van der Waals surface area contributed by atoms with E-state index in [1.54, 1.807) is 18.2 Å². The Labute approximate surface area is 123 Å². The van der Waals surface area contributed by atoms with Crippen molar-refractivity contribution in [2.24, 2.45) is 21.7 Å². The third kappa shape index (κ3) is 3.78. The molecule has 0 aromatic heterocycles. The molecule has 0 atom stereocenters. The summed E-state index contributed by atoms with van der Waals surface area (Å²) in [5.41, 5.74) is 10.8. The number of rotatable bonds is 4. The number of nitrogens with two attached hydrogens (primary N) is 2. The van der Waals surface area contributed by atoms with E-state index in [4.69, 9.17) is 16.2 Å². The van der Waals surface area contributed by atoms with Crippen LogP contribution in [0.1, 0.15) is 5.56 Å². The van der Waals surface area contributed by atoms with Gasteiger partial charge in [0.2, 0.25) is 16.0 Å². The summed E-state index contributed by atoms with van der Waals surface area (Å²) in [5.74, 6) is -0.195. The van der Waals surface area contributed by atoms with Crippen molar-refractivity contribution in [1.82, 2.24) is 4.31 Å². The number of guanidine groups is 1. The van der Waals surface area contributed by atoms with Crippen LogP contribution in [0, 0.1) is 0 Å². The summed E-state index contributed by atoms with van der Waals surface area (Å²) in [6, 6.07) is 6.54. The molecule has 0 saturated carbocycles. The van der Waals surface area contributed by atoms with Crippen molar-refractivity contribution in [2.45, 2.75) is 4.90 Å². The monoisotopic (exact) mass is 311 g/mol. The Kier molecular flexibility index (Phi) is 4.89. The lowest BCUT2D eigenvalue weighted by molar-refractivity contribution is 0.0730. The normalized spacial score (nSPS) is 17.0. The van der Waals surface area contributed by atoms with E-state index in [0.29, 0.717) is 31.9 Å².